The lowest BCUT2D eigenvalue weighted by Gasteiger charge is -2.32. The van der Waals surface area contributed by atoms with Crippen molar-refractivity contribution in [2.75, 3.05) is 40.8 Å². The number of hydrogen-bond acceptors (Lipinski definition) is 5. The molecule has 6 nitrogen and oxygen atoms in total. The Morgan fingerprint density at radius 3 is 2.86 bits per heavy atom. The van der Waals surface area contributed by atoms with Crippen molar-refractivity contribution in [2.45, 2.75) is 17.7 Å². The van der Waals surface area contributed by atoms with Crippen LogP contribution in [0.4, 0.5) is 0 Å². The van der Waals surface area contributed by atoms with E-state index in [2.05, 4.69) is 5.32 Å². The average Bonchev–Trinajstić information content (AvgIpc) is 2.97. The van der Waals surface area contributed by atoms with Gasteiger partial charge in [-0.2, -0.15) is 0 Å². The number of likely N-dealkylation sites (tertiary alicyclic amines) is 1. The largest absolute Gasteiger partial charge is 0.338 e. The standard InChI is InChI=1S/C14H23N3O3S2/c1-15-9-11-5-4-7-17(10-11)14(18)13-12(6-8-21-13)22(19,20)16(2)3/h6,8,11,15H,4-5,7,9-10H2,1-3H3. The monoisotopic (exact) mass is 345 g/mol. The number of rotatable bonds is 5. The molecule has 1 amide bonds. The summed E-state index contributed by atoms with van der Waals surface area (Å²) in [7, 11) is 1.27. The third kappa shape index (κ3) is 3.51. The normalized spacial score (nSPS) is 19.6. The van der Waals surface area contributed by atoms with Gasteiger partial charge in [0.15, 0.2) is 0 Å². The van der Waals surface area contributed by atoms with Crippen molar-refractivity contribution >= 4 is 27.3 Å². The van der Waals surface area contributed by atoms with Crippen LogP contribution >= 0.6 is 11.3 Å². The number of amides is 1. The number of carbonyl (C=O) groups excluding carboxylic acids is 1. The van der Waals surface area contributed by atoms with Crippen LogP contribution in [0, 0.1) is 5.92 Å². The Morgan fingerprint density at radius 2 is 2.23 bits per heavy atom. The molecule has 1 aromatic heterocycles. The van der Waals surface area contributed by atoms with Crippen LogP contribution in [0.5, 0.6) is 0 Å². The van der Waals surface area contributed by atoms with E-state index in [1.807, 2.05) is 7.05 Å². The number of carbonyl (C=O) groups is 1. The maximum absolute atomic E-state index is 12.7. The van der Waals surface area contributed by atoms with E-state index >= 15 is 0 Å². The van der Waals surface area contributed by atoms with E-state index in [0.717, 1.165) is 23.7 Å². The number of piperidine rings is 1. The lowest BCUT2D eigenvalue weighted by Crippen LogP contribution is -2.42. The minimum absolute atomic E-state index is 0.114. The first-order chi connectivity index (χ1) is 10.4. The number of nitrogens with one attached hydrogen (secondary N) is 1. The maximum Gasteiger partial charge on any atom is 0.265 e. The molecular formula is C14H23N3O3S2. The highest BCUT2D eigenvalue weighted by Crippen LogP contribution is 2.27. The van der Waals surface area contributed by atoms with Gasteiger partial charge in [-0.25, -0.2) is 12.7 Å². The Bertz CT molecular complexity index is 623. The van der Waals surface area contributed by atoms with E-state index < -0.39 is 10.0 Å². The molecular weight excluding hydrogens is 322 g/mol. The first-order valence-corrected chi connectivity index (χ1v) is 9.63. The second-order valence-electron chi connectivity index (χ2n) is 5.72. The van der Waals surface area contributed by atoms with Gasteiger partial charge in [-0.05, 0) is 43.8 Å². The van der Waals surface area contributed by atoms with Crippen molar-refractivity contribution in [3.63, 3.8) is 0 Å². The molecule has 1 aromatic rings. The van der Waals surface area contributed by atoms with E-state index in [-0.39, 0.29) is 10.8 Å². The summed E-state index contributed by atoms with van der Waals surface area (Å²) in [5.74, 6) is 0.257. The summed E-state index contributed by atoms with van der Waals surface area (Å²) >= 11 is 1.20. The van der Waals surface area contributed by atoms with Gasteiger partial charge < -0.3 is 10.2 Å². The van der Waals surface area contributed by atoms with Crippen LogP contribution in [-0.2, 0) is 10.0 Å². The van der Waals surface area contributed by atoms with Crippen molar-refractivity contribution in [3.05, 3.63) is 16.3 Å². The number of hydrogen-bond donors (Lipinski definition) is 1. The van der Waals surface area contributed by atoms with Crippen molar-refractivity contribution in [3.8, 4) is 0 Å². The quantitative estimate of drug-likeness (QED) is 0.867. The van der Waals surface area contributed by atoms with E-state index in [1.165, 1.54) is 31.5 Å². The first-order valence-electron chi connectivity index (χ1n) is 7.31. The summed E-state index contributed by atoms with van der Waals surface area (Å²) in [5.41, 5.74) is 0. The molecule has 0 spiro atoms. The van der Waals surface area contributed by atoms with Gasteiger partial charge in [-0.1, -0.05) is 0 Å². The van der Waals surface area contributed by atoms with Gasteiger partial charge in [0.1, 0.15) is 9.77 Å². The second-order valence-corrected chi connectivity index (χ2v) is 8.75. The van der Waals surface area contributed by atoms with Crippen LogP contribution in [-0.4, -0.2) is 64.3 Å². The lowest BCUT2D eigenvalue weighted by molar-refractivity contribution is 0.0675. The lowest BCUT2D eigenvalue weighted by atomic mass is 9.98. The Balaban J connectivity index is 2.22. The van der Waals surface area contributed by atoms with E-state index in [1.54, 1.807) is 10.3 Å². The summed E-state index contributed by atoms with van der Waals surface area (Å²) < 4.78 is 25.8. The number of sulfonamides is 1. The molecule has 0 aliphatic carbocycles. The predicted molar refractivity (Wildman–Crippen MR) is 87.7 cm³/mol. The van der Waals surface area contributed by atoms with Crippen LogP contribution in [0.3, 0.4) is 0 Å². The summed E-state index contributed by atoms with van der Waals surface area (Å²) in [4.78, 5) is 14.9. The van der Waals surface area contributed by atoms with E-state index in [0.29, 0.717) is 23.9 Å². The zero-order chi connectivity index (χ0) is 16.3. The molecule has 1 aliphatic rings. The average molecular weight is 345 g/mol. The Hall–Kier alpha value is -0.960. The van der Waals surface area contributed by atoms with Gasteiger partial charge in [-0.15, -0.1) is 11.3 Å². The minimum Gasteiger partial charge on any atom is -0.338 e. The fourth-order valence-corrected chi connectivity index (χ4v) is 4.96. The molecule has 0 saturated carbocycles. The predicted octanol–water partition coefficient (Wildman–Crippen LogP) is 1.07. The van der Waals surface area contributed by atoms with Crippen LogP contribution in [0.25, 0.3) is 0 Å². The fraction of sp³-hybridized carbons (Fsp3) is 0.643. The van der Waals surface area contributed by atoms with Gasteiger partial charge in [0.05, 0.1) is 0 Å². The summed E-state index contributed by atoms with van der Waals surface area (Å²) in [6.07, 6.45) is 2.05. The molecule has 0 radical (unpaired) electrons. The SMILES string of the molecule is CNCC1CCCN(C(=O)c2sccc2S(=O)(=O)N(C)C)C1. The number of thiophene rings is 1. The molecule has 124 valence electrons. The maximum atomic E-state index is 12.7. The van der Waals surface area contributed by atoms with Gasteiger partial charge >= 0.3 is 0 Å². The molecule has 1 fully saturated rings. The first kappa shape index (κ1) is 17.4. The van der Waals surface area contributed by atoms with Crippen molar-refractivity contribution in [1.82, 2.24) is 14.5 Å². The Kier molecular flexibility index (Phi) is 5.60. The zero-order valence-corrected chi connectivity index (χ0v) is 14.8. The highest BCUT2D eigenvalue weighted by atomic mass is 32.2. The highest BCUT2D eigenvalue weighted by Gasteiger charge is 2.30. The van der Waals surface area contributed by atoms with Crippen molar-refractivity contribution in [1.29, 1.82) is 0 Å². The van der Waals surface area contributed by atoms with Gasteiger partial charge in [0.2, 0.25) is 10.0 Å². The molecule has 22 heavy (non-hydrogen) atoms. The van der Waals surface area contributed by atoms with Crippen LogP contribution in [0.1, 0.15) is 22.5 Å². The Morgan fingerprint density at radius 1 is 1.50 bits per heavy atom. The van der Waals surface area contributed by atoms with E-state index in [4.69, 9.17) is 0 Å². The molecule has 8 heteroatoms. The molecule has 1 N–H and O–H groups in total. The van der Waals surface area contributed by atoms with Gasteiger partial charge in [0.25, 0.3) is 5.91 Å². The summed E-state index contributed by atoms with van der Waals surface area (Å²) in [6, 6.07) is 1.52. The second kappa shape index (κ2) is 7.08. The molecule has 2 rings (SSSR count). The molecule has 1 aliphatic heterocycles. The van der Waals surface area contributed by atoms with Gasteiger partial charge in [0, 0.05) is 27.2 Å². The number of nitrogens with zero attached hydrogens (tertiary/aromatic N) is 2. The smallest absolute Gasteiger partial charge is 0.265 e. The minimum atomic E-state index is -3.59. The molecule has 0 aromatic carbocycles. The van der Waals surface area contributed by atoms with E-state index in [9.17, 15) is 13.2 Å². The highest BCUT2D eigenvalue weighted by molar-refractivity contribution is 7.89. The molecule has 2 heterocycles. The zero-order valence-electron chi connectivity index (χ0n) is 13.2. The summed E-state index contributed by atoms with van der Waals surface area (Å²) in [6.45, 7) is 2.24. The molecule has 1 atom stereocenters. The van der Waals surface area contributed by atoms with Crippen LogP contribution in [0.15, 0.2) is 16.3 Å². The van der Waals surface area contributed by atoms with Gasteiger partial charge in [-0.3, -0.25) is 4.79 Å². The van der Waals surface area contributed by atoms with Crippen molar-refractivity contribution < 1.29 is 13.2 Å². The molecule has 1 unspecified atom stereocenters. The fourth-order valence-electron chi connectivity index (χ4n) is 2.70. The molecule has 0 bridgehead atoms. The Labute approximate surface area is 136 Å². The summed E-state index contributed by atoms with van der Waals surface area (Å²) in [5, 5.41) is 4.81. The van der Waals surface area contributed by atoms with Crippen molar-refractivity contribution in [2.24, 2.45) is 5.92 Å². The topological polar surface area (TPSA) is 69.7 Å². The van der Waals surface area contributed by atoms with Crippen LogP contribution in [0.2, 0.25) is 0 Å². The van der Waals surface area contributed by atoms with Crippen LogP contribution < -0.4 is 5.32 Å². The third-order valence-electron chi connectivity index (χ3n) is 3.88. The molecule has 1 saturated heterocycles. The third-order valence-corrected chi connectivity index (χ3v) is 6.77.